The number of aliphatic imine (C=N–C) groups is 1. The molecule has 0 unspecified atom stereocenters. The lowest BCUT2D eigenvalue weighted by Gasteiger charge is -2.21. The van der Waals surface area contributed by atoms with Gasteiger partial charge in [0.05, 0.1) is 10.2 Å². The second-order valence-corrected chi connectivity index (χ2v) is 6.73. The van der Waals surface area contributed by atoms with Gasteiger partial charge in [0.2, 0.25) is 5.13 Å². The summed E-state index contributed by atoms with van der Waals surface area (Å²) in [5.41, 5.74) is 2.55. The molecule has 1 heterocycles. The lowest BCUT2D eigenvalue weighted by Crippen LogP contribution is -2.21. The summed E-state index contributed by atoms with van der Waals surface area (Å²) in [5, 5.41) is 11.6. The number of thiazole rings is 1. The maximum atomic E-state index is 10.2. The average molecular weight is 360 g/mol. The second kappa shape index (κ2) is 7.20. The predicted molar refractivity (Wildman–Crippen MR) is 104 cm³/mol. The van der Waals surface area contributed by atoms with Crippen molar-refractivity contribution in [3.8, 4) is 5.75 Å². The maximum Gasteiger partial charge on any atom is 0.210 e. The van der Waals surface area contributed by atoms with E-state index in [1.807, 2.05) is 30.3 Å². The molecular formula is C18H18ClN3OS. The molecule has 6 heteroatoms. The van der Waals surface area contributed by atoms with Gasteiger partial charge in [-0.15, -0.1) is 0 Å². The quantitative estimate of drug-likeness (QED) is 0.633. The summed E-state index contributed by atoms with van der Waals surface area (Å²) in [6.45, 7) is 5.99. The summed E-state index contributed by atoms with van der Waals surface area (Å²) in [6.07, 6.45) is 1.64. The van der Waals surface area contributed by atoms with Crippen LogP contribution in [0.5, 0.6) is 5.75 Å². The van der Waals surface area contributed by atoms with Crippen LogP contribution in [0.15, 0.2) is 41.4 Å². The Labute approximate surface area is 150 Å². The van der Waals surface area contributed by atoms with E-state index in [1.165, 1.54) is 11.3 Å². The summed E-state index contributed by atoms with van der Waals surface area (Å²) >= 11 is 7.46. The van der Waals surface area contributed by atoms with Gasteiger partial charge in [0, 0.05) is 41.6 Å². The van der Waals surface area contributed by atoms with Gasteiger partial charge in [0.1, 0.15) is 5.75 Å². The smallest absolute Gasteiger partial charge is 0.210 e. The number of nitrogens with zero attached hydrogens (tertiary/aromatic N) is 3. The largest absolute Gasteiger partial charge is 0.507 e. The predicted octanol–water partition coefficient (Wildman–Crippen LogP) is 5.25. The molecule has 0 amide bonds. The molecule has 0 bridgehead atoms. The zero-order valence-electron chi connectivity index (χ0n) is 13.5. The first kappa shape index (κ1) is 16.7. The molecule has 4 nitrogen and oxygen atoms in total. The molecule has 0 aliphatic heterocycles. The Balaban J connectivity index is 1.85. The van der Waals surface area contributed by atoms with E-state index in [-0.39, 0.29) is 5.75 Å². The zero-order valence-corrected chi connectivity index (χ0v) is 15.1. The van der Waals surface area contributed by atoms with Gasteiger partial charge in [-0.2, -0.15) is 0 Å². The number of anilines is 1. The molecule has 3 aromatic rings. The minimum Gasteiger partial charge on any atom is -0.507 e. The number of rotatable bonds is 5. The van der Waals surface area contributed by atoms with Crippen LogP contribution in [0, 0.1) is 0 Å². The third-order valence-corrected chi connectivity index (χ3v) is 4.96. The second-order valence-electron chi connectivity index (χ2n) is 5.28. The molecule has 0 saturated carbocycles. The highest BCUT2D eigenvalue weighted by Crippen LogP contribution is 2.30. The van der Waals surface area contributed by atoms with Gasteiger partial charge in [0.15, 0.2) is 0 Å². The molecule has 24 heavy (non-hydrogen) atoms. The number of hydrogen-bond acceptors (Lipinski definition) is 5. The molecule has 0 saturated heterocycles. The third-order valence-electron chi connectivity index (χ3n) is 3.80. The molecule has 124 valence electrons. The van der Waals surface area contributed by atoms with Crippen molar-refractivity contribution in [1.82, 2.24) is 4.98 Å². The molecule has 0 aliphatic rings. The highest BCUT2D eigenvalue weighted by atomic mass is 35.5. The Bertz CT molecular complexity index is 887. The topological polar surface area (TPSA) is 48.7 Å². The van der Waals surface area contributed by atoms with Crippen LogP contribution in [0.1, 0.15) is 19.4 Å². The summed E-state index contributed by atoms with van der Waals surface area (Å²) in [5.74, 6) is 0.215. The maximum absolute atomic E-state index is 10.2. The van der Waals surface area contributed by atoms with E-state index in [0.29, 0.717) is 15.7 Å². The summed E-state index contributed by atoms with van der Waals surface area (Å²) in [6, 6.07) is 11.2. The number of phenols is 1. The van der Waals surface area contributed by atoms with Gasteiger partial charge >= 0.3 is 0 Å². The highest BCUT2D eigenvalue weighted by Gasteiger charge is 2.06. The van der Waals surface area contributed by atoms with E-state index in [0.717, 1.165) is 29.0 Å². The lowest BCUT2D eigenvalue weighted by molar-refractivity contribution is 0.474. The van der Waals surface area contributed by atoms with Crippen molar-refractivity contribution in [1.29, 1.82) is 0 Å². The van der Waals surface area contributed by atoms with Crippen molar-refractivity contribution in [3.05, 3.63) is 47.0 Å². The Morgan fingerprint density at radius 3 is 2.71 bits per heavy atom. The zero-order chi connectivity index (χ0) is 17.1. The molecule has 0 spiro atoms. The number of aromatic nitrogens is 1. The van der Waals surface area contributed by atoms with Crippen molar-refractivity contribution in [3.63, 3.8) is 0 Å². The van der Waals surface area contributed by atoms with Crippen LogP contribution in [0.3, 0.4) is 0 Å². The SMILES string of the molecule is CCN(CC)c1ccc(/C=N/c2nc3ccc(Cl)cc3s2)c(O)c1. The monoisotopic (exact) mass is 359 g/mol. The summed E-state index contributed by atoms with van der Waals surface area (Å²) in [4.78, 5) is 11.0. The lowest BCUT2D eigenvalue weighted by atomic mass is 10.2. The Morgan fingerprint density at radius 2 is 2.00 bits per heavy atom. The van der Waals surface area contributed by atoms with Crippen LogP contribution in [0.25, 0.3) is 10.2 Å². The summed E-state index contributed by atoms with van der Waals surface area (Å²) < 4.78 is 0.996. The number of aromatic hydroxyl groups is 1. The van der Waals surface area contributed by atoms with Crippen molar-refractivity contribution in [2.75, 3.05) is 18.0 Å². The van der Waals surface area contributed by atoms with Crippen LogP contribution >= 0.6 is 22.9 Å². The van der Waals surface area contributed by atoms with Crippen molar-refractivity contribution in [2.45, 2.75) is 13.8 Å². The Morgan fingerprint density at radius 1 is 1.21 bits per heavy atom. The fourth-order valence-corrected chi connectivity index (χ4v) is 3.58. The van der Waals surface area contributed by atoms with E-state index in [1.54, 1.807) is 12.3 Å². The molecule has 1 N–H and O–H groups in total. The van der Waals surface area contributed by atoms with Crippen LogP contribution in [-0.2, 0) is 0 Å². The first-order valence-electron chi connectivity index (χ1n) is 7.78. The first-order chi connectivity index (χ1) is 11.6. The van der Waals surface area contributed by atoms with Gasteiger partial charge in [-0.3, -0.25) is 0 Å². The minimum atomic E-state index is 0.215. The molecule has 0 aliphatic carbocycles. The van der Waals surface area contributed by atoms with E-state index in [2.05, 4.69) is 28.7 Å². The fraction of sp³-hybridized carbons (Fsp3) is 0.222. The molecule has 0 radical (unpaired) electrons. The number of benzene rings is 2. The molecule has 0 fully saturated rings. The fourth-order valence-electron chi connectivity index (χ4n) is 2.49. The van der Waals surface area contributed by atoms with Crippen molar-refractivity contribution < 1.29 is 5.11 Å². The average Bonchev–Trinajstić information content (AvgIpc) is 2.97. The van der Waals surface area contributed by atoms with Gasteiger partial charge in [-0.05, 0) is 44.2 Å². The van der Waals surface area contributed by atoms with Gasteiger partial charge in [-0.1, -0.05) is 22.9 Å². The van der Waals surface area contributed by atoms with Crippen molar-refractivity contribution in [2.24, 2.45) is 4.99 Å². The Hall–Kier alpha value is -2.11. The van der Waals surface area contributed by atoms with Crippen LogP contribution in [0.4, 0.5) is 10.8 Å². The molecule has 1 aromatic heterocycles. The first-order valence-corrected chi connectivity index (χ1v) is 8.98. The number of phenolic OH excluding ortho intramolecular Hbond substituents is 1. The standard InChI is InChI=1S/C18H18ClN3OS/c1-3-22(4-2)14-7-5-12(16(23)10-14)11-20-18-21-15-8-6-13(19)9-17(15)24-18/h5-11,23H,3-4H2,1-2H3/b20-11+. The molecule has 0 atom stereocenters. The Kier molecular flexibility index (Phi) is 5.02. The van der Waals surface area contributed by atoms with Gasteiger partial charge in [-0.25, -0.2) is 9.98 Å². The van der Waals surface area contributed by atoms with E-state index >= 15 is 0 Å². The normalized spacial score (nSPS) is 11.5. The van der Waals surface area contributed by atoms with Crippen LogP contribution in [0.2, 0.25) is 5.02 Å². The molecule has 2 aromatic carbocycles. The summed E-state index contributed by atoms with van der Waals surface area (Å²) in [7, 11) is 0. The molecular weight excluding hydrogens is 342 g/mol. The van der Waals surface area contributed by atoms with E-state index < -0.39 is 0 Å². The number of fused-ring (bicyclic) bond motifs is 1. The van der Waals surface area contributed by atoms with Crippen molar-refractivity contribution >= 4 is 50.2 Å². The highest BCUT2D eigenvalue weighted by molar-refractivity contribution is 7.22. The number of hydrogen-bond donors (Lipinski definition) is 1. The van der Waals surface area contributed by atoms with E-state index in [4.69, 9.17) is 11.6 Å². The number of halogens is 1. The van der Waals surface area contributed by atoms with Crippen LogP contribution in [-0.4, -0.2) is 29.4 Å². The molecule has 3 rings (SSSR count). The third kappa shape index (κ3) is 3.52. The van der Waals surface area contributed by atoms with Gasteiger partial charge in [0.25, 0.3) is 0 Å². The minimum absolute atomic E-state index is 0.215. The van der Waals surface area contributed by atoms with E-state index in [9.17, 15) is 5.11 Å². The van der Waals surface area contributed by atoms with Crippen LogP contribution < -0.4 is 4.90 Å². The van der Waals surface area contributed by atoms with Gasteiger partial charge < -0.3 is 10.0 Å².